The quantitative estimate of drug-likeness (QED) is 0.836. The Labute approximate surface area is 126 Å². The molecule has 1 heterocycles. The van der Waals surface area contributed by atoms with Gasteiger partial charge in [-0.1, -0.05) is 6.42 Å². The van der Waals surface area contributed by atoms with Crippen molar-refractivity contribution in [2.45, 2.75) is 44.9 Å². The molecule has 2 aliphatic carbocycles. The predicted octanol–water partition coefficient (Wildman–Crippen LogP) is 2.32. The van der Waals surface area contributed by atoms with Gasteiger partial charge in [0.05, 0.1) is 5.92 Å². The first-order valence-corrected chi connectivity index (χ1v) is 8.39. The van der Waals surface area contributed by atoms with E-state index in [4.69, 9.17) is 5.11 Å². The van der Waals surface area contributed by atoms with Crippen molar-refractivity contribution in [3.8, 4) is 0 Å². The van der Waals surface area contributed by atoms with Crippen LogP contribution in [0, 0.1) is 23.7 Å². The summed E-state index contributed by atoms with van der Waals surface area (Å²) in [7, 11) is 0. The number of nitrogens with one attached hydrogen (secondary N) is 1. The van der Waals surface area contributed by atoms with E-state index in [1.165, 1.54) is 25.7 Å². The normalized spacial score (nSPS) is 35.0. The second-order valence-corrected chi connectivity index (χ2v) is 7.08. The van der Waals surface area contributed by atoms with E-state index in [9.17, 15) is 9.59 Å². The third-order valence-electron chi connectivity index (χ3n) is 5.73. The van der Waals surface area contributed by atoms with Crippen LogP contribution in [0.1, 0.15) is 44.9 Å². The SMILES string of the molecule is O=C(O)C1CCCN(C(=O)NCCC2CC3CCC2C3)C1. The number of urea groups is 1. The number of amides is 2. The average Bonchev–Trinajstić information content (AvgIpc) is 3.10. The van der Waals surface area contributed by atoms with E-state index < -0.39 is 11.9 Å². The molecule has 21 heavy (non-hydrogen) atoms. The zero-order valence-corrected chi connectivity index (χ0v) is 12.6. The lowest BCUT2D eigenvalue weighted by molar-refractivity contribution is -0.143. The van der Waals surface area contributed by atoms with E-state index in [1.54, 1.807) is 4.90 Å². The molecule has 0 aromatic heterocycles. The molecule has 4 unspecified atom stereocenters. The van der Waals surface area contributed by atoms with Crippen LogP contribution in [0.3, 0.4) is 0 Å². The largest absolute Gasteiger partial charge is 0.481 e. The van der Waals surface area contributed by atoms with Crippen molar-refractivity contribution in [3.63, 3.8) is 0 Å². The minimum Gasteiger partial charge on any atom is -0.481 e. The lowest BCUT2D eigenvalue weighted by atomic mass is 9.86. The van der Waals surface area contributed by atoms with Gasteiger partial charge in [-0.15, -0.1) is 0 Å². The third kappa shape index (κ3) is 3.33. The molecule has 2 amide bonds. The summed E-state index contributed by atoms with van der Waals surface area (Å²) < 4.78 is 0. The average molecular weight is 294 g/mol. The highest BCUT2D eigenvalue weighted by Gasteiger charge is 2.39. The maximum atomic E-state index is 12.1. The Morgan fingerprint density at radius 2 is 2.05 bits per heavy atom. The second-order valence-electron chi connectivity index (χ2n) is 7.08. The minimum atomic E-state index is -0.783. The van der Waals surface area contributed by atoms with E-state index in [1.807, 2.05) is 0 Å². The Kier molecular flexibility index (Phi) is 4.36. The molecule has 0 aromatic rings. The van der Waals surface area contributed by atoms with Crippen LogP contribution in [0.25, 0.3) is 0 Å². The summed E-state index contributed by atoms with van der Waals surface area (Å²) in [5, 5.41) is 12.1. The van der Waals surface area contributed by atoms with Gasteiger partial charge in [0, 0.05) is 19.6 Å². The van der Waals surface area contributed by atoms with Crippen LogP contribution in [0.4, 0.5) is 4.79 Å². The van der Waals surface area contributed by atoms with E-state index >= 15 is 0 Å². The molecule has 4 atom stereocenters. The maximum absolute atomic E-state index is 12.1. The molecule has 2 N–H and O–H groups in total. The number of likely N-dealkylation sites (tertiary alicyclic amines) is 1. The smallest absolute Gasteiger partial charge is 0.317 e. The summed E-state index contributed by atoms with van der Waals surface area (Å²) in [4.78, 5) is 24.8. The molecule has 0 aromatic carbocycles. The van der Waals surface area contributed by atoms with Gasteiger partial charge in [0.15, 0.2) is 0 Å². The van der Waals surface area contributed by atoms with Gasteiger partial charge < -0.3 is 15.3 Å². The number of carbonyl (C=O) groups is 2. The summed E-state index contributed by atoms with van der Waals surface area (Å²) in [6, 6.07) is -0.0795. The second kappa shape index (κ2) is 6.24. The van der Waals surface area contributed by atoms with Crippen LogP contribution in [0.15, 0.2) is 0 Å². The van der Waals surface area contributed by atoms with Crippen molar-refractivity contribution in [2.75, 3.05) is 19.6 Å². The number of hydrogen-bond acceptors (Lipinski definition) is 2. The zero-order valence-electron chi connectivity index (χ0n) is 12.6. The highest BCUT2D eigenvalue weighted by molar-refractivity contribution is 5.76. The molecule has 5 heteroatoms. The fraction of sp³-hybridized carbons (Fsp3) is 0.875. The van der Waals surface area contributed by atoms with Crippen LogP contribution in [-0.2, 0) is 4.79 Å². The van der Waals surface area contributed by atoms with Crippen LogP contribution in [-0.4, -0.2) is 41.6 Å². The first-order chi connectivity index (χ1) is 10.1. The summed E-state index contributed by atoms with van der Waals surface area (Å²) >= 11 is 0. The number of piperidine rings is 1. The topological polar surface area (TPSA) is 69.6 Å². The lowest BCUT2D eigenvalue weighted by Gasteiger charge is -2.31. The number of hydrogen-bond donors (Lipinski definition) is 2. The summed E-state index contributed by atoms with van der Waals surface area (Å²) in [5.74, 6) is 1.48. The van der Waals surface area contributed by atoms with Gasteiger partial charge >= 0.3 is 12.0 Å². The third-order valence-corrected chi connectivity index (χ3v) is 5.73. The Hall–Kier alpha value is -1.26. The first kappa shape index (κ1) is 14.7. The van der Waals surface area contributed by atoms with Crippen molar-refractivity contribution in [1.82, 2.24) is 10.2 Å². The maximum Gasteiger partial charge on any atom is 0.317 e. The predicted molar refractivity (Wildman–Crippen MR) is 78.9 cm³/mol. The summed E-state index contributed by atoms with van der Waals surface area (Å²) in [6.07, 6.45) is 8.12. The highest BCUT2D eigenvalue weighted by Crippen LogP contribution is 2.49. The molecular formula is C16H26N2O3. The van der Waals surface area contributed by atoms with Gasteiger partial charge in [0.1, 0.15) is 0 Å². The van der Waals surface area contributed by atoms with Gasteiger partial charge in [-0.05, 0) is 56.3 Å². The minimum absolute atomic E-state index is 0.0795. The molecule has 118 valence electrons. The molecular weight excluding hydrogens is 268 g/mol. The van der Waals surface area contributed by atoms with Gasteiger partial charge in [0.2, 0.25) is 0 Å². The van der Waals surface area contributed by atoms with Crippen molar-refractivity contribution in [2.24, 2.45) is 23.7 Å². The van der Waals surface area contributed by atoms with E-state index in [0.717, 1.165) is 37.1 Å². The van der Waals surface area contributed by atoms with Crippen LogP contribution >= 0.6 is 0 Å². The molecule has 0 spiro atoms. The standard InChI is InChI=1S/C16H26N2O3/c19-15(20)14-2-1-7-18(10-14)16(21)17-6-5-13-9-11-3-4-12(13)8-11/h11-14H,1-10H2,(H,17,21)(H,19,20). The zero-order chi connectivity index (χ0) is 14.8. The number of aliphatic carboxylic acids is 1. The lowest BCUT2D eigenvalue weighted by Crippen LogP contribution is -2.47. The molecule has 0 radical (unpaired) electrons. The van der Waals surface area contributed by atoms with Gasteiger partial charge in [0.25, 0.3) is 0 Å². The van der Waals surface area contributed by atoms with Crippen molar-refractivity contribution < 1.29 is 14.7 Å². The Morgan fingerprint density at radius 3 is 2.71 bits per heavy atom. The number of carboxylic acids is 1. The van der Waals surface area contributed by atoms with Crippen molar-refractivity contribution in [3.05, 3.63) is 0 Å². The molecule has 5 nitrogen and oxygen atoms in total. The van der Waals surface area contributed by atoms with E-state index in [0.29, 0.717) is 19.5 Å². The van der Waals surface area contributed by atoms with Gasteiger partial charge in [-0.25, -0.2) is 4.79 Å². The number of carbonyl (C=O) groups excluding carboxylic acids is 1. The van der Waals surface area contributed by atoms with Crippen LogP contribution in [0.5, 0.6) is 0 Å². The monoisotopic (exact) mass is 294 g/mol. The molecule has 1 aliphatic heterocycles. The number of fused-ring (bicyclic) bond motifs is 2. The summed E-state index contributed by atoms with van der Waals surface area (Å²) in [6.45, 7) is 1.78. The van der Waals surface area contributed by atoms with Gasteiger partial charge in [-0.3, -0.25) is 4.79 Å². The van der Waals surface area contributed by atoms with Crippen LogP contribution < -0.4 is 5.32 Å². The van der Waals surface area contributed by atoms with E-state index in [-0.39, 0.29) is 6.03 Å². The number of nitrogens with zero attached hydrogens (tertiary/aromatic N) is 1. The molecule has 3 fully saturated rings. The molecule has 2 bridgehead atoms. The Bertz CT molecular complexity index is 412. The fourth-order valence-corrected chi connectivity index (χ4v) is 4.57. The Morgan fingerprint density at radius 1 is 1.19 bits per heavy atom. The molecule has 1 saturated heterocycles. The van der Waals surface area contributed by atoms with Crippen LogP contribution in [0.2, 0.25) is 0 Å². The molecule has 3 rings (SSSR count). The van der Waals surface area contributed by atoms with E-state index in [2.05, 4.69) is 5.32 Å². The number of rotatable bonds is 4. The van der Waals surface area contributed by atoms with Crippen molar-refractivity contribution in [1.29, 1.82) is 0 Å². The first-order valence-electron chi connectivity index (χ1n) is 8.39. The number of carboxylic acid groups (broad SMARTS) is 1. The Balaban J connectivity index is 1.39. The fourth-order valence-electron chi connectivity index (χ4n) is 4.57. The van der Waals surface area contributed by atoms with Crippen molar-refractivity contribution >= 4 is 12.0 Å². The summed E-state index contributed by atoms with van der Waals surface area (Å²) in [5.41, 5.74) is 0. The van der Waals surface area contributed by atoms with Gasteiger partial charge in [-0.2, -0.15) is 0 Å². The molecule has 3 aliphatic rings. The highest BCUT2D eigenvalue weighted by atomic mass is 16.4. The molecule has 2 saturated carbocycles.